The van der Waals surface area contributed by atoms with E-state index in [1.54, 1.807) is 13.2 Å². The van der Waals surface area contributed by atoms with Gasteiger partial charge in [-0.3, -0.25) is 9.59 Å². The smallest absolute Gasteiger partial charge is 0.303 e. The van der Waals surface area contributed by atoms with E-state index in [-0.39, 0.29) is 17.6 Å². The van der Waals surface area contributed by atoms with Gasteiger partial charge in [-0.15, -0.1) is 11.8 Å². The number of rotatable bonds is 4. The van der Waals surface area contributed by atoms with Crippen LogP contribution in [-0.2, 0) is 9.59 Å². The van der Waals surface area contributed by atoms with Crippen molar-refractivity contribution in [2.24, 2.45) is 0 Å². The third-order valence-electron chi connectivity index (χ3n) is 2.64. The number of methoxy groups -OCH3 is 1. The summed E-state index contributed by atoms with van der Waals surface area (Å²) in [6.45, 7) is 0. The van der Waals surface area contributed by atoms with Gasteiger partial charge in [-0.2, -0.15) is 0 Å². The standard InChI is InChI=1S/C12H13NO4S/c1-17-7-3-2-4-8-11(7)13-12(16)9(18-8)5-6-10(14)15/h2-4,9H,5-6H2,1H3,(H,13,16)(H,14,15). The van der Waals surface area contributed by atoms with E-state index < -0.39 is 5.97 Å². The van der Waals surface area contributed by atoms with Crippen LogP contribution in [0, 0.1) is 0 Å². The Labute approximate surface area is 109 Å². The van der Waals surface area contributed by atoms with Gasteiger partial charge in [0.05, 0.1) is 18.0 Å². The Morgan fingerprint density at radius 1 is 1.56 bits per heavy atom. The minimum Gasteiger partial charge on any atom is -0.495 e. The summed E-state index contributed by atoms with van der Waals surface area (Å²) in [6.07, 6.45) is 0.312. The highest BCUT2D eigenvalue weighted by atomic mass is 32.2. The largest absolute Gasteiger partial charge is 0.495 e. The number of ether oxygens (including phenoxy) is 1. The van der Waals surface area contributed by atoms with E-state index >= 15 is 0 Å². The molecule has 1 unspecified atom stereocenters. The van der Waals surface area contributed by atoms with Crippen molar-refractivity contribution < 1.29 is 19.4 Å². The van der Waals surface area contributed by atoms with Crippen LogP contribution >= 0.6 is 11.8 Å². The molecular weight excluding hydrogens is 254 g/mol. The summed E-state index contributed by atoms with van der Waals surface area (Å²) in [4.78, 5) is 23.3. The van der Waals surface area contributed by atoms with E-state index in [0.29, 0.717) is 17.9 Å². The molecule has 1 aromatic rings. The molecule has 1 aliphatic rings. The summed E-state index contributed by atoms with van der Waals surface area (Å²) in [5.74, 6) is -0.442. The summed E-state index contributed by atoms with van der Waals surface area (Å²) in [7, 11) is 1.54. The second-order valence-corrected chi connectivity index (χ2v) is 5.11. The summed E-state index contributed by atoms with van der Waals surface area (Å²) < 4.78 is 5.17. The highest BCUT2D eigenvalue weighted by Crippen LogP contribution is 2.42. The van der Waals surface area contributed by atoms with Crippen LogP contribution in [0.25, 0.3) is 0 Å². The Morgan fingerprint density at radius 2 is 2.33 bits per heavy atom. The van der Waals surface area contributed by atoms with Crippen LogP contribution in [0.5, 0.6) is 5.75 Å². The third kappa shape index (κ3) is 2.59. The van der Waals surface area contributed by atoms with Crippen molar-refractivity contribution in [1.29, 1.82) is 0 Å². The number of hydrogen-bond donors (Lipinski definition) is 2. The predicted molar refractivity (Wildman–Crippen MR) is 68.1 cm³/mol. The van der Waals surface area contributed by atoms with Gasteiger partial charge in [0.2, 0.25) is 5.91 Å². The molecule has 1 atom stereocenters. The fourth-order valence-corrected chi connectivity index (χ4v) is 2.89. The number of para-hydroxylation sites is 1. The number of fused-ring (bicyclic) bond motifs is 1. The molecule has 0 saturated heterocycles. The molecule has 1 aliphatic heterocycles. The van der Waals surface area contributed by atoms with Gasteiger partial charge >= 0.3 is 5.97 Å². The highest BCUT2D eigenvalue weighted by molar-refractivity contribution is 8.01. The van der Waals surface area contributed by atoms with Gasteiger partial charge in [-0.25, -0.2) is 0 Å². The molecule has 2 N–H and O–H groups in total. The predicted octanol–water partition coefficient (Wildman–Crippen LogP) is 1.97. The summed E-state index contributed by atoms with van der Waals surface area (Å²) >= 11 is 1.38. The van der Waals surface area contributed by atoms with Crippen LogP contribution in [0.4, 0.5) is 5.69 Å². The first-order chi connectivity index (χ1) is 8.61. The van der Waals surface area contributed by atoms with Crippen LogP contribution in [0.3, 0.4) is 0 Å². The van der Waals surface area contributed by atoms with Crippen molar-refractivity contribution in [3.05, 3.63) is 18.2 Å². The highest BCUT2D eigenvalue weighted by Gasteiger charge is 2.28. The van der Waals surface area contributed by atoms with Crippen LogP contribution < -0.4 is 10.1 Å². The van der Waals surface area contributed by atoms with E-state index in [9.17, 15) is 9.59 Å². The van der Waals surface area contributed by atoms with Gasteiger partial charge in [0.15, 0.2) is 0 Å². The van der Waals surface area contributed by atoms with E-state index in [1.807, 2.05) is 12.1 Å². The lowest BCUT2D eigenvalue weighted by Gasteiger charge is -2.24. The Hall–Kier alpha value is -1.69. The maximum Gasteiger partial charge on any atom is 0.303 e. The number of anilines is 1. The Balaban J connectivity index is 2.18. The number of carbonyl (C=O) groups is 2. The Kier molecular flexibility index (Phi) is 3.76. The van der Waals surface area contributed by atoms with Crippen LogP contribution in [0.1, 0.15) is 12.8 Å². The van der Waals surface area contributed by atoms with Gasteiger partial charge in [-0.1, -0.05) is 6.07 Å². The second-order valence-electron chi connectivity index (χ2n) is 3.86. The number of carboxylic acid groups (broad SMARTS) is 1. The number of benzene rings is 1. The van der Waals surface area contributed by atoms with E-state index in [1.165, 1.54) is 11.8 Å². The molecule has 0 saturated carbocycles. The van der Waals surface area contributed by atoms with Gasteiger partial charge < -0.3 is 15.2 Å². The number of carbonyl (C=O) groups excluding carboxylic acids is 1. The second kappa shape index (κ2) is 5.30. The number of hydrogen-bond acceptors (Lipinski definition) is 4. The topological polar surface area (TPSA) is 75.6 Å². The van der Waals surface area contributed by atoms with E-state index in [4.69, 9.17) is 9.84 Å². The molecule has 0 bridgehead atoms. The minimum atomic E-state index is -0.889. The quantitative estimate of drug-likeness (QED) is 0.872. The number of thioether (sulfide) groups is 1. The molecule has 0 fully saturated rings. The van der Waals surface area contributed by atoms with E-state index in [2.05, 4.69) is 5.32 Å². The molecule has 0 spiro atoms. The fourth-order valence-electron chi connectivity index (χ4n) is 1.76. The SMILES string of the molecule is COc1cccc2c1NC(=O)C(CCC(=O)O)S2. The molecule has 1 aromatic carbocycles. The normalized spacial score (nSPS) is 17.8. The van der Waals surface area contributed by atoms with Gasteiger partial charge in [-0.05, 0) is 18.6 Å². The number of amides is 1. The summed E-state index contributed by atoms with van der Waals surface area (Å²) in [5.41, 5.74) is 0.668. The first kappa shape index (κ1) is 12.8. The monoisotopic (exact) mass is 267 g/mol. The molecule has 5 nitrogen and oxygen atoms in total. The molecule has 1 heterocycles. The summed E-state index contributed by atoms with van der Waals surface area (Å²) in [5, 5.41) is 11.1. The average molecular weight is 267 g/mol. The van der Waals surface area contributed by atoms with Crippen LogP contribution in [-0.4, -0.2) is 29.3 Å². The van der Waals surface area contributed by atoms with Crippen molar-refractivity contribution in [3.8, 4) is 5.75 Å². The molecule has 1 amide bonds. The van der Waals surface area contributed by atoms with Gasteiger partial charge in [0.1, 0.15) is 5.75 Å². The zero-order valence-corrected chi connectivity index (χ0v) is 10.6. The summed E-state index contributed by atoms with van der Waals surface area (Å²) in [6, 6.07) is 5.50. The Bertz CT molecular complexity index is 489. The zero-order valence-electron chi connectivity index (χ0n) is 9.80. The first-order valence-electron chi connectivity index (χ1n) is 5.48. The van der Waals surface area contributed by atoms with Crippen LogP contribution in [0.2, 0.25) is 0 Å². The minimum absolute atomic E-state index is 0.00954. The molecule has 96 valence electrons. The van der Waals surface area contributed by atoms with Crippen molar-refractivity contribution in [2.75, 3.05) is 12.4 Å². The molecule has 0 aromatic heterocycles. The van der Waals surface area contributed by atoms with Crippen LogP contribution in [0.15, 0.2) is 23.1 Å². The lowest BCUT2D eigenvalue weighted by Crippen LogP contribution is -2.29. The van der Waals surface area contributed by atoms with Gasteiger partial charge in [0.25, 0.3) is 0 Å². The molecule has 0 radical (unpaired) electrons. The number of aliphatic carboxylic acids is 1. The lowest BCUT2D eigenvalue weighted by atomic mass is 10.2. The van der Waals surface area contributed by atoms with Crippen molar-refractivity contribution >= 4 is 29.3 Å². The Morgan fingerprint density at radius 3 is 3.00 bits per heavy atom. The third-order valence-corrected chi connectivity index (χ3v) is 3.97. The molecule has 18 heavy (non-hydrogen) atoms. The lowest BCUT2D eigenvalue weighted by molar-refractivity contribution is -0.137. The fraction of sp³-hybridized carbons (Fsp3) is 0.333. The average Bonchev–Trinajstić information content (AvgIpc) is 2.35. The van der Waals surface area contributed by atoms with Gasteiger partial charge in [0, 0.05) is 11.3 Å². The number of nitrogens with one attached hydrogen (secondary N) is 1. The van der Waals surface area contributed by atoms with E-state index in [0.717, 1.165) is 4.90 Å². The molecule has 6 heteroatoms. The van der Waals surface area contributed by atoms with Crippen molar-refractivity contribution in [1.82, 2.24) is 0 Å². The van der Waals surface area contributed by atoms with Crippen molar-refractivity contribution in [2.45, 2.75) is 23.0 Å². The zero-order chi connectivity index (χ0) is 13.1. The molecule has 0 aliphatic carbocycles. The van der Waals surface area contributed by atoms with Crippen molar-refractivity contribution in [3.63, 3.8) is 0 Å². The number of carboxylic acids is 1. The maximum atomic E-state index is 11.9. The maximum absolute atomic E-state index is 11.9. The molecular formula is C12H13NO4S. The first-order valence-corrected chi connectivity index (χ1v) is 6.36. The molecule has 2 rings (SSSR count).